The van der Waals surface area contributed by atoms with Crippen molar-refractivity contribution in [2.45, 2.75) is 30.6 Å². The maximum absolute atomic E-state index is 12.6. The standard InChI is InChI=1S/C15H16O2S/c1-11-5-4-6-14(9-11)18(16,17)15-10-12(2)7-8-13(15)3/h4-10H,1-3H3. The van der Waals surface area contributed by atoms with Gasteiger partial charge in [-0.05, 0) is 55.7 Å². The van der Waals surface area contributed by atoms with Crippen LogP contribution in [-0.2, 0) is 9.84 Å². The molecule has 0 spiro atoms. The van der Waals surface area contributed by atoms with Crippen molar-refractivity contribution in [1.82, 2.24) is 0 Å². The molecule has 0 heterocycles. The molecule has 0 amide bonds. The lowest BCUT2D eigenvalue weighted by Gasteiger charge is -2.09. The van der Waals surface area contributed by atoms with Gasteiger partial charge in [0, 0.05) is 0 Å². The summed E-state index contributed by atoms with van der Waals surface area (Å²) < 4.78 is 25.1. The first-order valence-electron chi connectivity index (χ1n) is 5.80. The molecule has 0 aliphatic rings. The Hall–Kier alpha value is -1.61. The topological polar surface area (TPSA) is 34.1 Å². The number of rotatable bonds is 2. The Morgan fingerprint density at radius 3 is 2.17 bits per heavy atom. The minimum atomic E-state index is -3.41. The van der Waals surface area contributed by atoms with E-state index in [1.165, 1.54) is 0 Å². The molecule has 0 atom stereocenters. The van der Waals surface area contributed by atoms with Gasteiger partial charge in [-0.2, -0.15) is 0 Å². The average molecular weight is 260 g/mol. The van der Waals surface area contributed by atoms with Gasteiger partial charge in [-0.3, -0.25) is 0 Å². The summed E-state index contributed by atoms with van der Waals surface area (Å²) in [5.74, 6) is 0. The van der Waals surface area contributed by atoms with Crippen LogP contribution >= 0.6 is 0 Å². The molecule has 0 aliphatic carbocycles. The van der Waals surface area contributed by atoms with Crippen LogP contribution in [0.2, 0.25) is 0 Å². The molecule has 0 N–H and O–H groups in total. The van der Waals surface area contributed by atoms with Crippen LogP contribution in [0.1, 0.15) is 16.7 Å². The summed E-state index contributed by atoms with van der Waals surface area (Å²) in [5.41, 5.74) is 2.68. The lowest BCUT2D eigenvalue weighted by Crippen LogP contribution is -2.04. The van der Waals surface area contributed by atoms with Gasteiger partial charge in [-0.1, -0.05) is 24.3 Å². The lowest BCUT2D eigenvalue weighted by atomic mass is 10.2. The first-order valence-corrected chi connectivity index (χ1v) is 7.28. The third-order valence-electron chi connectivity index (χ3n) is 2.93. The highest BCUT2D eigenvalue weighted by atomic mass is 32.2. The lowest BCUT2D eigenvalue weighted by molar-refractivity contribution is 0.595. The van der Waals surface area contributed by atoms with Gasteiger partial charge >= 0.3 is 0 Å². The smallest absolute Gasteiger partial charge is 0.206 e. The Bertz CT molecular complexity index is 685. The number of aryl methyl sites for hydroxylation is 3. The fourth-order valence-electron chi connectivity index (χ4n) is 1.91. The molecule has 94 valence electrons. The Balaban J connectivity index is 2.65. The van der Waals surface area contributed by atoms with Crippen LogP contribution in [0.5, 0.6) is 0 Å². The predicted octanol–water partition coefficient (Wildman–Crippen LogP) is 3.44. The third-order valence-corrected chi connectivity index (χ3v) is 4.83. The molecule has 0 fully saturated rings. The van der Waals surface area contributed by atoms with E-state index in [1.54, 1.807) is 24.3 Å². The summed E-state index contributed by atoms with van der Waals surface area (Å²) in [4.78, 5) is 0.754. The van der Waals surface area contributed by atoms with E-state index in [-0.39, 0.29) is 0 Å². The number of hydrogen-bond donors (Lipinski definition) is 0. The first-order chi connectivity index (χ1) is 8.41. The molecular weight excluding hydrogens is 244 g/mol. The molecule has 0 bridgehead atoms. The van der Waals surface area contributed by atoms with Crippen molar-refractivity contribution in [3.63, 3.8) is 0 Å². The van der Waals surface area contributed by atoms with Crippen LogP contribution in [0.4, 0.5) is 0 Å². The highest BCUT2D eigenvalue weighted by Gasteiger charge is 2.19. The minimum Gasteiger partial charge on any atom is -0.219 e. The van der Waals surface area contributed by atoms with Crippen molar-refractivity contribution in [1.29, 1.82) is 0 Å². The molecule has 2 aromatic carbocycles. The molecule has 0 unspecified atom stereocenters. The van der Waals surface area contributed by atoms with Crippen LogP contribution in [-0.4, -0.2) is 8.42 Å². The van der Waals surface area contributed by atoms with Gasteiger partial charge in [0.05, 0.1) is 9.79 Å². The molecule has 2 aromatic rings. The Morgan fingerprint density at radius 1 is 0.833 bits per heavy atom. The summed E-state index contributed by atoms with van der Waals surface area (Å²) in [6, 6.07) is 12.5. The average Bonchev–Trinajstić information content (AvgIpc) is 2.32. The molecule has 0 saturated heterocycles. The second-order valence-electron chi connectivity index (χ2n) is 4.59. The SMILES string of the molecule is Cc1cccc(S(=O)(=O)c2cc(C)ccc2C)c1. The van der Waals surface area contributed by atoms with E-state index < -0.39 is 9.84 Å². The molecule has 2 nitrogen and oxygen atoms in total. The minimum absolute atomic E-state index is 0.358. The predicted molar refractivity (Wildman–Crippen MR) is 72.5 cm³/mol. The second-order valence-corrected chi connectivity index (χ2v) is 6.51. The zero-order valence-corrected chi connectivity index (χ0v) is 11.6. The number of benzene rings is 2. The van der Waals surface area contributed by atoms with Crippen LogP contribution in [0.25, 0.3) is 0 Å². The van der Waals surface area contributed by atoms with E-state index in [2.05, 4.69) is 0 Å². The van der Waals surface area contributed by atoms with E-state index in [4.69, 9.17) is 0 Å². The Kier molecular flexibility index (Phi) is 3.26. The zero-order chi connectivity index (χ0) is 13.3. The summed E-state index contributed by atoms with van der Waals surface area (Å²) in [5, 5.41) is 0. The molecule has 18 heavy (non-hydrogen) atoms. The normalized spacial score (nSPS) is 11.5. The van der Waals surface area contributed by atoms with Gasteiger partial charge < -0.3 is 0 Å². The van der Waals surface area contributed by atoms with Crippen molar-refractivity contribution in [2.75, 3.05) is 0 Å². The maximum atomic E-state index is 12.6. The fourth-order valence-corrected chi connectivity index (χ4v) is 3.59. The molecule has 0 aliphatic heterocycles. The van der Waals surface area contributed by atoms with Gasteiger partial charge in [0.1, 0.15) is 0 Å². The van der Waals surface area contributed by atoms with E-state index in [1.807, 2.05) is 39.0 Å². The van der Waals surface area contributed by atoms with Crippen molar-refractivity contribution in [3.05, 3.63) is 59.2 Å². The summed E-state index contributed by atoms with van der Waals surface area (Å²) in [6.45, 7) is 5.61. The molecule has 3 heteroatoms. The molecule has 0 aromatic heterocycles. The molecule has 2 rings (SSSR count). The van der Waals surface area contributed by atoms with Crippen LogP contribution < -0.4 is 0 Å². The van der Waals surface area contributed by atoms with Gasteiger partial charge in [-0.25, -0.2) is 8.42 Å². The first kappa shape index (κ1) is 12.8. The van der Waals surface area contributed by atoms with E-state index in [0.29, 0.717) is 9.79 Å². The highest BCUT2D eigenvalue weighted by molar-refractivity contribution is 7.91. The van der Waals surface area contributed by atoms with Crippen molar-refractivity contribution in [3.8, 4) is 0 Å². The van der Waals surface area contributed by atoms with E-state index >= 15 is 0 Å². The van der Waals surface area contributed by atoms with Crippen LogP contribution in [0.15, 0.2) is 52.3 Å². The summed E-state index contributed by atoms with van der Waals surface area (Å²) in [6.07, 6.45) is 0. The summed E-state index contributed by atoms with van der Waals surface area (Å²) in [7, 11) is -3.41. The number of hydrogen-bond acceptors (Lipinski definition) is 2. The third kappa shape index (κ3) is 2.31. The van der Waals surface area contributed by atoms with E-state index in [0.717, 1.165) is 16.7 Å². The van der Waals surface area contributed by atoms with Crippen molar-refractivity contribution in [2.24, 2.45) is 0 Å². The Morgan fingerprint density at radius 2 is 1.50 bits per heavy atom. The fraction of sp³-hybridized carbons (Fsp3) is 0.200. The van der Waals surface area contributed by atoms with Crippen LogP contribution in [0.3, 0.4) is 0 Å². The maximum Gasteiger partial charge on any atom is 0.206 e. The van der Waals surface area contributed by atoms with Gasteiger partial charge in [0.25, 0.3) is 0 Å². The molecule has 0 radical (unpaired) electrons. The van der Waals surface area contributed by atoms with Gasteiger partial charge in [0.15, 0.2) is 0 Å². The number of sulfone groups is 1. The monoisotopic (exact) mass is 260 g/mol. The zero-order valence-electron chi connectivity index (χ0n) is 10.8. The quantitative estimate of drug-likeness (QED) is 0.829. The Labute approximate surface area is 108 Å². The van der Waals surface area contributed by atoms with Crippen molar-refractivity contribution < 1.29 is 8.42 Å². The molecular formula is C15H16O2S. The second kappa shape index (κ2) is 4.58. The van der Waals surface area contributed by atoms with Crippen molar-refractivity contribution >= 4 is 9.84 Å². The summed E-state index contributed by atoms with van der Waals surface area (Å²) >= 11 is 0. The van der Waals surface area contributed by atoms with E-state index in [9.17, 15) is 8.42 Å². The van der Waals surface area contributed by atoms with Crippen LogP contribution in [0, 0.1) is 20.8 Å². The highest BCUT2D eigenvalue weighted by Crippen LogP contribution is 2.25. The van der Waals surface area contributed by atoms with Gasteiger partial charge in [-0.15, -0.1) is 0 Å². The van der Waals surface area contributed by atoms with Gasteiger partial charge in [0.2, 0.25) is 9.84 Å². The largest absolute Gasteiger partial charge is 0.219 e. The molecule has 0 saturated carbocycles.